The first-order valence-electron chi connectivity index (χ1n) is 8.61. The third kappa shape index (κ3) is 4.76. The smallest absolute Gasteiger partial charge is 0.309 e. The third-order valence-electron chi connectivity index (χ3n) is 4.57. The predicted octanol–water partition coefficient (Wildman–Crippen LogP) is 3.59. The fourth-order valence-electron chi connectivity index (χ4n) is 2.89. The number of hydrogen-bond acceptors (Lipinski definition) is 4. The van der Waals surface area contributed by atoms with Gasteiger partial charge in [-0.05, 0) is 63.8 Å². The van der Waals surface area contributed by atoms with Crippen molar-refractivity contribution < 1.29 is 14.3 Å². The summed E-state index contributed by atoms with van der Waals surface area (Å²) in [6.45, 7) is 9.65. The van der Waals surface area contributed by atoms with E-state index in [1.54, 1.807) is 11.8 Å². The van der Waals surface area contributed by atoms with Crippen molar-refractivity contribution in [3.8, 4) is 0 Å². The Kier molecular flexibility index (Phi) is 6.72. The second-order valence-corrected chi connectivity index (χ2v) is 7.77. The molecule has 1 fully saturated rings. The summed E-state index contributed by atoms with van der Waals surface area (Å²) in [5.41, 5.74) is 2.51. The number of carbonyl (C=O) groups is 2. The Morgan fingerprint density at radius 1 is 1.25 bits per heavy atom. The second-order valence-electron chi connectivity index (χ2n) is 6.36. The number of nitrogens with zero attached hydrogens (tertiary/aromatic N) is 1. The second kappa shape index (κ2) is 8.56. The van der Waals surface area contributed by atoms with Crippen molar-refractivity contribution in [2.45, 2.75) is 50.7 Å². The Morgan fingerprint density at radius 2 is 1.92 bits per heavy atom. The van der Waals surface area contributed by atoms with E-state index in [9.17, 15) is 9.59 Å². The lowest BCUT2D eigenvalue weighted by molar-refractivity contribution is -0.151. The van der Waals surface area contributed by atoms with Crippen molar-refractivity contribution in [1.82, 2.24) is 4.90 Å². The molecular weight excluding hydrogens is 322 g/mol. The molecule has 1 aromatic carbocycles. The van der Waals surface area contributed by atoms with Crippen LogP contribution in [0.1, 0.15) is 37.8 Å². The summed E-state index contributed by atoms with van der Waals surface area (Å²) < 4.78 is 5.08. The molecule has 2 rings (SSSR count). The van der Waals surface area contributed by atoms with Gasteiger partial charge < -0.3 is 9.64 Å². The van der Waals surface area contributed by atoms with E-state index in [1.807, 2.05) is 18.7 Å². The van der Waals surface area contributed by atoms with Crippen molar-refractivity contribution in [1.29, 1.82) is 0 Å². The van der Waals surface area contributed by atoms with Gasteiger partial charge in [-0.3, -0.25) is 9.59 Å². The largest absolute Gasteiger partial charge is 0.466 e. The molecule has 4 nitrogen and oxygen atoms in total. The molecule has 0 saturated carbocycles. The average Bonchev–Trinajstić information content (AvgIpc) is 2.58. The highest BCUT2D eigenvalue weighted by molar-refractivity contribution is 8.00. The number of aryl methyl sites for hydroxylation is 2. The molecule has 132 valence electrons. The Balaban J connectivity index is 1.87. The van der Waals surface area contributed by atoms with Crippen LogP contribution in [0.5, 0.6) is 0 Å². The molecule has 1 aliphatic rings. The van der Waals surface area contributed by atoms with Crippen LogP contribution in [0.25, 0.3) is 0 Å². The number of benzene rings is 1. The summed E-state index contributed by atoms with van der Waals surface area (Å²) in [6.07, 6.45) is 1.40. The minimum absolute atomic E-state index is 0.0586. The summed E-state index contributed by atoms with van der Waals surface area (Å²) >= 11 is 1.60. The first-order chi connectivity index (χ1) is 11.4. The summed E-state index contributed by atoms with van der Waals surface area (Å²) in [7, 11) is 0. The van der Waals surface area contributed by atoms with Crippen LogP contribution in [0.3, 0.4) is 0 Å². The molecule has 1 aliphatic heterocycles. The quantitative estimate of drug-likeness (QED) is 0.602. The molecule has 1 saturated heterocycles. The van der Waals surface area contributed by atoms with Gasteiger partial charge in [-0.2, -0.15) is 0 Å². The molecule has 1 heterocycles. The number of rotatable bonds is 5. The normalized spacial score (nSPS) is 16.8. The lowest BCUT2D eigenvalue weighted by Gasteiger charge is -2.32. The number of likely N-dealkylation sites (tertiary alicyclic amines) is 1. The molecule has 0 spiro atoms. The van der Waals surface area contributed by atoms with Gasteiger partial charge in [-0.25, -0.2) is 0 Å². The maximum atomic E-state index is 12.6. The summed E-state index contributed by atoms with van der Waals surface area (Å²) in [6, 6.07) is 6.31. The minimum Gasteiger partial charge on any atom is -0.466 e. The Morgan fingerprint density at radius 3 is 2.50 bits per heavy atom. The lowest BCUT2D eigenvalue weighted by Crippen LogP contribution is -2.43. The Hall–Kier alpha value is -1.49. The first kappa shape index (κ1) is 18.8. The first-order valence-corrected chi connectivity index (χ1v) is 9.49. The number of carbonyl (C=O) groups excluding carboxylic acids is 2. The Bertz CT molecular complexity index is 594. The van der Waals surface area contributed by atoms with Crippen LogP contribution in [0, 0.1) is 19.8 Å². The van der Waals surface area contributed by atoms with E-state index in [0.29, 0.717) is 32.5 Å². The molecule has 1 unspecified atom stereocenters. The Labute approximate surface area is 148 Å². The predicted molar refractivity (Wildman–Crippen MR) is 97.2 cm³/mol. The molecule has 5 heteroatoms. The molecular formula is C19H27NO3S. The fourth-order valence-corrected chi connectivity index (χ4v) is 3.94. The molecule has 0 bridgehead atoms. The van der Waals surface area contributed by atoms with Crippen LogP contribution < -0.4 is 0 Å². The molecule has 0 radical (unpaired) electrons. The third-order valence-corrected chi connectivity index (χ3v) is 5.65. The van der Waals surface area contributed by atoms with Crippen molar-refractivity contribution >= 4 is 23.6 Å². The van der Waals surface area contributed by atoms with Gasteiger partial charge in [0.05, 0.1) is 17.8 Å². The van der Waals surface area contributed by atoms with Crippen molar-refractivity contribution in [3.05, 3.63) is 29.3 Å². The van der Waals surface area contributed by atoms with Gasteiger partial charge in [0.2, 0.25) is 5.91 Å². The van der Waals surface area contributed by atoms with Crippen molar-refractivity contribution in [2.75, 3.05) is 19.7 Å². The summed E-state index contributed by atoms with van der Waals surface area (Å²) in [5.74, 6) is -0.0283. The average molecular weight is 349 g/mol. The zero-order chi connectivity index (χ0) is 17.7. The van der Waals surface area contributed by atoms with Gasteiger partial charge in [0.1, 0.15) is 0 Å². The molecule has 1 aromatic rings. The monoisotopic (exact) mass is 349 g/mol. The van der Waals surface area contributed by atoms with Crippen LogP contribution in [0.4, 0.5) is 0 Å². The van der Waals surface area contributed by atoms with E-state index >= 15 is 0 Å². The number of thioether (sulfide) groups is 1. The molecule has 0 N–H and O–H groups in total. The summed E-state index contributed by atoms with van der Waals surface area (Å²) in [5, 5.41) is -0.119. The molecule has 24 heavy (non-hydrogen) atoms. The van der Waals surface area contributed by atoms with Gasteiger partial charge in [0.15, 0.2) is 0 Å². The standard InChI is InChI=1S/C19H27NO3S/c1-5-23-19(22)16-8-10-20(11-9-16)18(21)15(4)24-17-7-6-13(2)14(3)12-17/h6-7,12,15-16H,5,8-11H2,1-4H3. The van der Waals surface area contributed by atoms with E-state index in [-0.39, 0.29) is 23.0 Å². The van der Waals surface area contributed by atoms with E-state index in [4.69, 9.17) is 4.74 Å². The van der Waals surface area contributed by atoms with Crippen LogP contribution in [-0.2, 0) is 14.3 Å². The fraction of sp³-hybridized carbons (Fsp3) is 0.579. The van der Waals surface area contributed by atoms with Crippen LogP contribution in [0.15, 0.2) is 23.1 Å². The number of ether oxygens (including phenoxy) is 1. The van der Waals surface area contributed by atoms with Crippen LogP contribution in [-0.4, -0.2) is 41.7 Å². The number of esters is 1. The lowest BCUT2D eigenvalue weighted by atomic mass is 9.97. The highest BCUT2D eigenvalue weighted by Gasteiger charge is 2.30. The minimum atomic E-state index is -0.123. The zero-order valence-electron chi connectivity index (χ0n) is 15.0. The molecule has 1 atom stereocenters. The van der Waals surface area contributed by atoms with Gasteiger partial charge in [0, 0.05) is 18.0 Å². The van der Waals surface area contributed by atoms with E-state index in [2.05, 4.69) is 32.0 Å². The molecule has 1 amide bonds. The highest BCUT2D eigenvalue weighted by atomic mass is 32.2. The van der Waals surface area contributed by atoms with Crippen molar-refractivity contribution in [3.63, 3.8) is 0 Å². The van der Waals surface area contributed by atoms with E-state index < -0.39 is 0 Å². The zero-order valence-corrected chi connectivity index (χ0v) is 15.8. The van der Waals surface area contributed by atoms with Gasteiger partial charge in [0.25, 0.3) is 0 Å². The van der Waals surface area contributed by atoms with Crippen LogP contribution in [0.2, 0.25) is 0 Å². The maximum Gasteiger partial charge on any atom is 0.309 e. The van der Waals surface area contributed by atoms with Gasteiger partial charge in [-0.1, -0.05) is 6.07 Å². The summed E-state index contributed by atoms with van der Waals surface area (Å²) in [4.78, 5) is 27.4. The highest BCUT2D eigenvalue weighted by Crippen LogP contribution is 2.28. The number of amides is 1. The van der Waals surface area contributed by atoms with E-state index in [1.165, 1.54) is 11.1 Å². The maximum absolute atomic E-state index is 12.6. The number of hydrogen-bond donors (Lipinski definition) is 0. The van der Waals surface area contributed by atoms with Crippen LogP contribution >= 0.6 is 11.8 Å². The van der Waals surface area contributed by atoms with Gasteiger partial charge >= 0.3 is 5.97 Å². The molecule has 0 aliphatic carbocycles. The molecule has 0 aromatic heterocycles. The topological polar surface area (TPSA) is 46.6 Å². The van der Waals surface area contributed by atoms with E-state index in [0.717, 1.165) is 4.90 Å². The van der Waals surface area contributed by atoms with Gasteiger partial charge in [-0.15, -0.1) is 11.8 Å². The SMILES string of the molecule is CCOC(=O)C1CCN(C(=O)C(C)Sc2ccc(C)c(C)c2)CC1. The van der Waals surface area contributed by atoms with Crippen molar-refractivity contribution in [2.24, 2.45) is 5.92 Å². The number of piperidine rings is 1.